The van der Waals surface area contributed by atoms with Crippen LogP contribution in [-0.2, 0) is 11.3 Å². The first-order valence-corrected chi connectivity index (χ1v) is 9.76. The monoisotopic (exact) mass is 400 g/mol. The van der Waals surface area contributed by atoms with Gasteiger partial charge in [0.25, 0.3) is 5.91 Å². The van der Waals surface area contributed by atoms with Gasteiger partial charge in [-0.25, -0.2) is 9.37 Å². The molecule has 1 heterocycles. The number of thiazole rings is 1. The highest BCUT2D eigenvalue weighted by Crippen LogP contribution is 2.25. The summed E-state index contributed by atoms with van der Waals surface area (Å²) in [5.41, 5.74) is 1.74. The molecule has 1 N–H and O–H groups in total. The molecule has 3 rings (SSSR count). The summed E-state index contributed by atoms with van der Waals surface area (Å²) in [6.07, 6.45) is -0.342. The molecule has 1 amide bonds. The van der Waals surface area contributed by atoms with Crippen molar-refractivity contribution in [1.29, 1.82) is 0 Å². The van der Waals surface area contributed by atoms with Gasteiger partial charge in [0.15, 0.2) is 17.7 Å². The summed E-state index contributed by atoms with van der Waals surface area (Å²) in [5, 5.41) is 5.57. The minimum atomic E-state index is -0.767. The molecule has 146 valence electrons. The van der Waals surface area contributed by atoms with E-state index in [1.807, 2.05) is 36.6 Å². The fourth-order valence-corrected chi connectivity index (χ4v) is 3.39. The van der Waals surface area contributed by atoms with Gasteiger partial charge in [-0.05, 0) is 42.8 Å². The smallest absolute Gasteiger partial charge is 0.261 e. The highest BCUT2D eigenvalue weighted by Gasteiger charge is 2.20. The van der Waals surface area contributed by atoms with Crippen LogP contribution in [0.3, 0.4) is 0 Å². The van der Waals surface area contributed by atoms with Crippen molar-refractivity contribution in [3.8, 4) is 22.1 Å². The fourth-order valence-electron chi connectivity index (χ4n) is 2.56. The van der Waals surface area contributed by atoms with Crippen LogP contribution in [0.15, 0.2) is 53.9 Å². The third-order valence-corrected chi connectivity index (χ3v) is 5.04. The van der Waals surface area contributed by atoms with E-state index < -0.39 is 11.9 Å². The molecule has 1 aromatic heterocycles. The first-order valence-electron chi connectivity index (χ1n) is 8.88. The van der Waals surface area contributed by atoms with Gasteiger partial charge in [0.05, 0.1) is 19.3 Å². The van der Waals surface area contributed by atoms with E-state index in [1.54, 1.807) is 19.2 Å². The van der Waals surface area contributed by atoms with Crippen molar-refractivity contribution in [1.82, 2.24) is 10.3 Å². The van der Waals surface area contributed by atoms with Gasteiger partial charge in [-0.15, -0.1) is 11.3 Å². The molecule has 0 radical (unpaired) electrons. The van der Waals surface area contributed by atoms with Gasteiger partial charge >= 0.3 is 0 Å². The molecule has 0 saturated carbocycles. The molecule has 0 spiro atoms. The summed E-state index contributed by atoms with van der Waals surface area (Å²) >= 11 is 1.50. The summed E-state index contributed by atoms with van der Waals surface area (Å²) in [4.78, 5) is 17.0. The molecule has 0 aliphatic heterocycles. The lowest BCUT2D eigenvalue weighted by molar-refractivity contribution is -0.128. The normalized spacial score (nSPS) is 11.7. The van der Waals surface area contributed by atoms with Crippen LogP contribution in [-0.4, -0.2) is 24.1 Å². The average Bonchev–Trinajstić information content (AvgIpc) is 3.20. The van der Waals surface area contributed by atoms with Gasteiger partial charge in [0, 0.05) is 10.9 Å². The van der Waals surface area contributed by atoms with Crippen molar-refractivity contribution < 1.29 is 18.7 Å². The minimum absolute atomic E-state index is 0.0694. The van der Waals surface area contributed by atoms with Crippen LogP contribution in [0.5, 0.6) is 11.5 Å². The van der Waals surface area contributed by atoms with Gasteiger partial charge < -0.3 is 14.8 Å². The van der Waals surface area contributed by atoms with Crippen molar-refractivity contribution in [3.63, 3.8) is 0 Å². The van der Waals surface area contributed by atoms with Gasteiger partial charge in [0.2, 0.25) is 0 Å². The largest absolute Gasteiger partial charge is 0.497 e. The molecule has 5 nitrogen and oxygen atoms in total. The zero-order valence-corrected chi connectivity index (χ0v) is 16.5. The summed E-state index contributed by atoms with van der Waals surface area (Å²) in [6, 6.07) is 13.7. The molecule has 1 atom stereocenters. The predicted octanol–water partition coefficient (Wildman–Crippen LogP) is 4.43. The zero-order valence-electron chi connectivity index (χ0n) is 15.6. The van der Waals surface area contributed by atoms with Crippen molar-refractivity contribution >= 4 is 17.2 Å². The van der Waals surface area contributed by atoms with Crippen LogP contribution in [0.25, 0.3) is 10.6 Å². The van der Waals surface area contributed by atoms with Gasteiger partial charge in [-0.1, -0.05) is 19.1 Å². The van der Waals surface area contributed by atoms with Crippen molar-refractivity contribution in [3.05, 3.63) is 65.4 Å². The van der Waals surface area contributed by atoms with E-state index in [0.717, 1.165) is 22.0 Å². The van der Waals surface area contributed by atoms with Gasteiger partial charge in [-0.2, -0.15) is 0 Å². The number of amides is 1. The van der Waals surface area contributed by atoms with Gasteiger partial charge in [-0.3, -0.25) is 4.79 Å². The van der Waals surface area contributed by atoms with Crippen LogP contribution in [0, 0.1) is 5.82 Å². The molecule has 0 bridgehead atoms. The molecule has 28 heavy (non-hydrogen) atoms. The van der Waals surface area contributed by atoms with E-state index in [4.69, 9.17) is 9.47 Å². The Kier molecular flexibility index (Phi) is 6.60. The molecular formula is C21H21FN2O3S. The molecule has 0 saturated heterocycles. The predicted molar refractivity (Wildman–Crippen MR) is 107 cm³/mol. The molecule has 1 unspecified atom stereocenters. The zero-order chi connectivity index (χ0) is 19.9. The maximum atomic E-state index is 13.7. The topological polar surface area (TPSA) is 60.5 Å². The van der Waals surface area contributed by atoms with Gasteiger partial charge in [0.1, 0.15) is 10.8 Å². The van der Waals surface area contributed by atoms with E-state index in [2.05, 4.69) is 10.3 Å². The Bertz CT molecular complexity index is 927. The maximum absolute atomic E-state index is 13.7. The third kappa shape index (κ3) is 4.86. The van der Waals surface area contributed by atoms with E-state index in [9.17, 15) is 9.18 Å². The molecule has 3 aromatic rings. The van der Waals surface area contributed by atoms with Crippen LogP contribution in [0.4, 0.5) is 4.39 Å². The first kappa shape index (κ1) is 19.8. The summed E-state index contributed by atoms with van der Waals surface area (Å²) in [7, 11) is 1.62. The van der Waals surface area contributed by atoms with E-state index in [1.165, 1.54) is 23.5 Å². The van der Waals surface area contributed by atoms with Crippen LogP contribution in [0.2, 0.25) is 0 Å². The van der Waals surface area contributed by atoms with Crippen molar-refractivity contribution in [2.45, 2.75) is 26.0 Å². The Labute approximate surface area is 167 Å². The third-order valence-electron chi connectivity index (χ3n) is 4.10. The van der Waals surface area contributed by atoms with E-state index >= 15 is 0 Å². The van der Waals surface area contributed by atoms with Crippen molar-refractivity contribution in [2.24, 2.45) is 0 Å². The van der Waals surface area contributed by atoms with E-state index in [-0.39, 0.29) is 18.2 Å². The summed E-state index contributed by atoms with van der Waals surface area (Å²) in [6.45, 7) is 2.10. The minimum Gasteiger partial charge on any atom is -0.497 e. The molecule has 0 aliphatic rings. The lowest BCUT2D eigenvalue weighted by atomic mass is 10.2. The second-order valence-electron chi connectivity index (χ2n) is 6.04. The number of para-hydroxylation sites is 1. The number of carbonyl (C=O) groups excluding carboxylic acids is 1. The lowest BCUT2D eigenvalue weighted by Gasteiger charge is -2.17. The Hall–Kier alpha value is -2.93. The number of ether oxygens (including phenoxy) is 2. The highest BCUT2D eigenvalue weighted by molar-refractivity contribution is 7.13. The van der Waals surface area contributed by atoms with Crippen LogP contribution < -0.4 is 14.8 Å². The number of aromatic nitrogens is 1. The number of methoxy groups -OCH3 is 1. The summed E-state index contributed by atoms with van der Waals surface area (Å²) < 4.78 is 24.4. The first-order chi connectivity index (χ1) is 13.6. The van der Waals surface area contributed by atoms with Crippen molar-refractivity contribution in [2.75, 3.05) is 7.11 Å². The Balaban J connectivity index is 1.59. The molecule has 7 heteroatoms. The lowest BCUT2D eigenvalue weighted by Crippen LogP contribution is -2.37. The second-order valence-corrected chi connectivity index (χ2v) is 6.89. The molecular weight excluding hydrogens is 379 g/mol. The Morgan fingerprint density at radius 3 is 2.64 bits per heavy atom. The maximum Gasteiger partial charge on any atom is 0.261 e. The molecule has 0 fully saturated rings. The highest BCUT2D eigenvalue weighted by atomic mass is 32.1. The standard InChI is InChI=1S/C21H21FN2O3S/c1-3-18(27-19-7-5-4-6-17(19)22)20(25)23-12-15-13-28-21(24-15)14-8-10-16(26-2)11-9-14/h4-11,13,18H,3,12H2,1-2H3,(H,23,25). The summed E-state index contributed by atoms with van der Waals surface area (Å²) in [5.74, 6) is 0.0651. The number of rotatable bonds is 8. The average molecular weight is 400 g/mol. The Morgan fingerprint density at radius 1 is 1.21 bits per heavy atom. The SMILES string of the molecule is CCC(Oc1ccccc1F)C(=O)NCc1csc(-c2ccc(OC)cc2)n1. The fraction of sp³-hybridized carbons (Fsp3) is 0.238. The number of benzene rings is 2. The second kappa shape index (κ2) is 9.32. The molecule has 2 aromatic carbocycles. The number of halogens is 1. The van der Waals surface area contributed by atoms with Crippen LogP contribution >= 0.6 is 11.3 Å². The number of nitrogens with zero attached hydrogens (tertiary/aromatic N) is 1. The number of hydrogen-bond donors (Lipinski definition) is 1. The molecule has 0 aliphatic carbocycles. The number of hydrogen-bond acceptors (Lipinski definition) is 5. The van der Waals surface area contributed by atoms with Crippen LogP contribution in [0.1, 0.15) is 19.0 Å². The van der Waals surface area contributed by atoms with E-state index in [0.29, 0.717) is 6.42 Å². The number of nitrogens with one attached hydrogen (secondary N) is 1. The Morgan fingerprint density at radius 2 is 1.96 bits per heavy atom. The number of carbonyl (C=O) groups is 1. The quantitative estimate of drug-likeness (QED) is 0.608.